The average molecular weight is 362 g/mol. The predicted octanol–water partition coefficient (Wildman–Crippen LogP) is 4.04. The van der Waals surface area contributed by atoms with Crippen LogP contribution in [0.25, 0.3) is 21.9 Å². The number of fused-ring (bicyclic) bond motifs is 3. The van der Waals surface area contributed by atoms with Gasteiger partial charge in [-0.25, -0.2) is 14.8 Å². The lowest BCUT2D eigenvalue weighted by atomic mass is 10.1. The molecule has 4 aromatic rings. The van der Waals surface area contributed by atoms with Gasteiger partial charge < -0.3 is 19.8 Å². The van der Waals surface area contributed by atoms with Gasteiger partial charge in [-0.2, -0.15) is 0 Å². The van der Waals surface area contributed by atoms with E-state index in [1.165, 1.54) is 6.33 Å². The molecule has 2 heterocycles. The van der Waals surface area contributed by atoms with Gasteiger partial charge in [-0.15, -0.1) is 0 Å². The van der Waals surface area contributed by atoms with Crippen molar-refractivity contribution < 1.29 is 14.3 Å². The minimum absolute atomic E-state index is 0.331. The van der Waals surface area contributed by atoms with Crippen molar-refractivity contribution in [1.82, 2.24) is 15.0 Å². The molecule has 0 aliphatic rings. The number of esters is 1. The van der Waals surface area contributed by atoms with Gasteiger partial charge in [0.15, 0.2) is 0 Å². The van der Waals surface area contributed by atoms with Gasteiger partial charge in [0, 0.05) is 16.6 Å². The molecule has 2 N–H and O–H groups in total. The summed E-state index contributed by atoms with van der Waals surface area (Å²) >= 11 is 0. The summed E-state index contributed by atoms with van der Waals surface area (Å²) in [5.74, 6) is 1.08. The Balaban J connectivity index is 1.81. The lowest BCUT2D eigenvalue weighted by Crippen LogP contribution is -2.04. The monoisotopic (exact) mass is 362 g/mol. The lowest BCUT2D eigenvalue weighted by molar-refractivity contribution is 0.0526. The zero-order chi connectivity index (χ0) is 18.8. The van der Waals surface area contributed by atoms with E-state index in [2.05, 4.69) is 20.3 Å². The van der Waals surface area contributed by atoms with Gasteiger partial charge in [0.1, 0.15) is 23.5 Å². The zero-order valence-electron chi connectivity index (χ0n) is 14.9. The average Bonchev–Trinajstić information content (AvgIpc) is 3.07. The summed E-state index contributed by atoms with van der Waals surface area (Å²) in [6.45, 7) is 2.12. The summed E-state index contributed by atoms with van der Waals surface area (Å²) in [4.78, 5) is 24.1. The molecule has 0 unspecified atom stereocenters. The van der Waals surface area contributed by atoms with Crippen LogP contribution in [0, 0.1) is 0 Å². The van der Waals surface area contributed by atoms with Crippen LogP contribution in [-0.4, -0.2) is 34.6 Å². The standard InChI is InChI=1S/C20H18N4O3/c1-3-27-20(25)12-4-9-16-15(10-12)17-18(21-11-22-19(17)24-16)23-13-5-7-14(26-2)8-6-13/h4-11H,3H2,1-2H3,(H2,21,22,23,24). The molecular weight excluding hydrogens is 344 g/mol. The summed E-state index contributed by atoms with van der Waals surface area (Å²) in [6.07, 6.45) is 1.50. The molecular formula is C20H18N4O3. The van der Waals surface area contributed by atoms with Crippen molar-refractivity contribution in [1.29, 1.82) is 0 Å². The molecule has 2 aromatic heterocycles. The van der Waals surface area contributed by atoms with Crippen molar-refractivity contribution in [3.63, 3.8) is 0 Å². The number of aromatic nitrogens is 3. The van der Waals surface area contributed by atoms with Crippen LogP contribution >= 0.6 is 0 Å². The number of ether oxygens (including phenoxy) is 2. The smallest absolute Gasteiger partial charge is 0.338 e. The van der Waals surface area contributed by atoms with E-state index >= 15 is 0 Å². The van der Waals surface area contributed by atoms with Crippen LogP contribution in [0.4, 0.5) is 11.5 Å². The van der Waals surface area contributed by atoms with E-state index in [9.17, 15) is 4.79 Å². The molecule has 2 aromatic carbocycles. The van der Waals surface area contributed by atoms with Gasteiger partial charge in [-0.1, -0.05) is 0 Å². The minimum atomic E-state index is -0.352. The highest BCUT2D eigenvalue weighted by Crippen LogP contribution is 2.31. The van der Waals surface area contributed by atoms with E-state index < -0.39 is 0 Å². The third-order valence-electron chi connectivity index (χ3n) is 4.25. The topological polar surface area (TPSA) is 89.1 Å². The van der Waals surface area contributed by atoms with E-state index in [1.807, 2.05) is 30.3 Å². The van der Waals surface area contributed by atoms with Gasteiger partial charge >= 0.3 is 5.97 Å². The third kappa shape index (κ3) is 3.15. The van der Waals surface area contributed by atoms with Crippen LogP contribution in [0.5, 0.6) is 5.75 Å². The number of hydrogen-bond donors (Lipinski definition) is 2. The van der Waals surface area contributed by atoms with Gasteiger partial charge in [0.2, 0.25) is 0 Å². The largest absolute Gasteiger partial charge is 0.497 e. The van der Waals surface area contributed by atoms with E-state index in [0.29, 0.717) is 23.6 Å². The molecule has 0 aliphatic heterocycles. The molecule has 4 rings (SSSR count). The quantitative estimate of drug-likeness (QED) is 0.521. The van der Waals surface area contributed by atoms with Crippen LogP contribution < -0.4 is 10.1 Å². The van der Waals surface area contributed by atoms with Crippen LogP contribution in [0.15, 0.2) is 48.8 Å². The van der Waals surface area contributed by atoms with Crippen molar-refractivity contribution in [2.75, 3.05) is 19.0 Å². The second-order valence-corrected chi connectivity index (χ2v) is 5.91. The Morgan fingerprint density at radius 3 is 2.70 bits per heavy atom. The van der Waals surface area contributed by atoms with E-state index in [0.717, 1.165) is 27.7 Å². The van der Waals surface area contributed by atoms with Gasteiger partial charge in [-0.3, -0.25) is 0 Å². The van der Waals surface area contributed by atoms with Crippen LogP contribution in [0.1, 0.15) is 17.3 Å². The van der Waals surface area contributed by atoms with Gasteiger partial charge in [-0.05, 0) is 49.4 Å². The Morgan fingerprint density at radius 1 is 1.15 bits per heavy atom. The number of carbonyl (C=O) groups excluding carboxylic acids is 1. The molecule has 0 aliphatic carbocycles. The fraction of sp³-hybridized carbons (Fsp3) is 0.150. The summed E-state index contributed by atoms with van der Waals surface area (Å²) in [7, 11) is 1.63. The predicted molar refractivity (Wildman–Crippen MR) is 104 cm³/mol. The SMILES string of the molecule is CCOC(=O)c1ccc2[nH]c3ncnc(Nc4ccc(OC)cc4)c3c2c1. The number of benzene rings is 2. The molecule has 0 atom stereocenters. The number of H-pyrrole nitrogens is 1. The fourth-order valence-corrected chi connectivity index (χ4v) is 2.97. The summed E-state index contributed by atoms with van der Waals surface area (Å²) < 4.78 is 10.3. The molecule has 0 saturated carbocycles. The molecule has 7 heteroatoms. The van der Waals surface area contributed by atoms with E-state index in [-0.39, 0.29) is 5.97 Å². The van der Waals surface area contributed by atoms with E-state index in [4.69, 9.17) is 9.47 Å². The number of nitrogens with one attached hydrogen (secondary N) is 2. The number of carbonyl (C=O) groups is 1. The molecule has 0 radical (unpaired) electrons. The van der Waals surface area contributed by atoms with Crippen LogP contribution in [0.2, 0.25) is 0 Å². The number of anilines is 2. The zero-order valence-corrected chi connectivity index (χ0v) is 14.9. The third-order valence-corrected chi connectivity index (χ3v) is 4.25. The molecule has 0 amide bonds. The second kappa shape index (κ2) is 6.95. The van der Waals surface area contributed by atoms with Crippen molar-refractivity contribution in [3.05, 3.63) is 54.4 Å². The Morgan fingerprint density at radius 2 is 1.96 bits per heavy atom. The Labute approximate surface area is 155 Å². The molecule has 0 spiro atoms. The first-order chi connectivity index (χ1) is 13.2. The fourth-order valence-electron chi connectivity index (χ4n) is 2.97. The van der Waals surface area contributed by atoms with Crippen molar-refractivity contribution in [2.45, 2.75) is 6.92 Å². The van der Waals surface area contributed by atoms with Crippen molar-refractivity contribution in [3.8, 4) is 5.75 Å². The van der Waals surface area contributed by atoms with Gasteiger partial charge in [0.25, 0.3) is 0 Å². The maximum atomic E-state index is 12.1. The molecule has 0 fully saturated rings. The maximum Gasteiger partial charge on any atom is 0.338 e. The highest BCUT2D eigenvalue weighted by molar-refractivity contribution is 6.13. The van der Waals surface area contributed by atoms with E-state index in [1.54, 1.807) is 26.2 Å². The molecule has 0 saturated heterocycles. The Hall–Kier alpha value is -3.61. The Kier molecular flexibility index (Phi) is 4.33. The molecule has 0 bridgehead atoms. The Bertz CT molecular complexity index is 1120. The highest BCUT2D eigenvalue weighted by Gasteiger charge is 2.14. The van der Waals surface area contributed by atoms with Gasteiger partial charge in [0.05, 0.1) is 24.7 Å². The maximum absolute atomic E-state index is 12.1. The highest BCUT2D eigenvalue weighted by atomic mass is 16.5. The summed E-state index contributed by atoms with van der Waals surface area (Å²) in [5.41, 5.74) is 2.92. The minimum Gasteiger partial charge on any atom is -0.497 e. The first-order valence-electron chi connectivity index (χ1n) is 8.54. The number of hydrogen-bond acceptors (Lipinski definition) is 6. The first-order valence-corrected chi connectivity index (χ1v) is 8.54. The lowest BCUT2D eigenvalue weighted by Gasteiger charge is -2.08. The first kappa shape index (κ1) is 16.8. The molecule has 7 nitrogen and oxygen atoms in total. The normalized spacial score (nSPS) is 10.9. The summed E-state index contributed by atoms with van der Waals surface area (Å²) in [6, 6.07) is 12.9. The number of rotatable bonds is 5. The van der Waals surface area contributed by atoms with Crippen molar-refractivity contribution >= 4 is 39.4 Å². The second-order valence-electron chi connectivity index (χ2n) is 5.91. The number of nitrogens with zero attached hydrogens (tertiary/aromatic N) is 2. The van der Waals surface area contributed by atoms with Crippen LogP contribution in [-0.2, 0) is 4.74 Å². The van der Waals surface area contributed by atoms with Crippen LogP contribution in [0.3, 0.4) is 0 Å². The van der Waals surface area contributed by atoms with Crippen molar-refractivity contribution in [2.24, 2.45) is 0 Å². The number of aromatic amines is 1. The molecule has 136 valence electrons. The molecule has 27 heavy (non-hydrogen) atoms. The summed E-state index contributed by atoms with van der Waals surface area (Å²) in [5, 5.41) is 4.98. The number of methoxy groups -OCH3 is 1.